The van der Waals surface area contributed by atoms with Crippen molar-refractivity contribution in [3.63, 3.8) is 0 Å². The number of hydrogen-bond donors (Lipinski definition) is 2. The number of hydrogen-bond acceptors (Lipinski definition) is 3. The third-order valence-electron chi connectivity index (χ3n) is 4.70. The first kappa shape index (κ1) is 17.0. The van der Waals surface area contributed by atoms with Crippen LogP contribution in [0.5, 0.6) is 0 Å². The molecule has 0 aliphatic carbocycles. The van der Waals surface area contributed by atoms with E-state index in [1.807, 2.05) is 68.4 Å². The molecule has 6 nitrogen and oxygen atoms in total. The number of rotatable bonds is 4. The van der Waals surface area contributed by atoms with Gasteiger partial charge in [-0.1, -0.05) is 48.0 Å². The summed E-state index contributed by atoms with van der Waals surface area (Å²) in [6.45, 7) is 3.89. The van der Waals surface area contributed by atoms with Crippen molar-refractivity contribution in [3.8, 4) is 11.1 Å². The number of benzene rings is 2. The van der Waals surface area contributed by atoms with Crippen LogP contribution >= 0.6 is 0 Å². The van der Waals surface area contributed by atoms with Crippen molar-refractivity contribution in [2.24, 2.45) is 0 Å². The second kappa shape index (κ2) is 6.72. The average molecular weight is 360 g/mol. The summed E-state index contributed by atoms with van der Waals surface area (Å²) in [7, 11) is 0. The molecule has 6 heteroatoms. The number of carbonyl (C=O) groups is 2. The number of nitrogens with one attached hydrogen (secondary N) is 2. The van der Waals surface area contributed by atoms with Crippen molar-refractivity contribution in [3.05, 3.63) is 65.9 Å². The number of aromatic nitrogens is 2. The van der Waals surface area contributed by atoms with Gasteiger partial charge in [-0.25, -0.2) is 4.68 Å². The molecule has 0 saturated carbocycles. The Hall–Kier alpha value is -3.41. The predicted molar refractivity (Wildman–Crippen MR) is 104 cm³/mol. The Kier molecular flexibility index (Phi) is 4.24. The van der Waals surface area contributed by atoms with Crippen LogP contribution in [0.1, 0.15) is 23.7 Å². The minimum atomic E-state index is -0.651. The first-order valence-corrected chi connectivity index (χ1v) is 8.85. The third-order valence-corrected chi connectivity index (χ3v) is 4.70. The molecule has 2 amide bonds. The summed E-state index contributed by atoms with van der Waals surface area (Å²) in [5.74, 6) is 0.215. The van der Waals surface area contributed by atoms with Gasteiger partial charge in [-0.2, -0.15) is 5.10 Å². The first-order chi connectivity index (χ1) is 13.0. The number of anilines is 2. The summed E-state index contributed by atoms with van der Waals surface area (Å²) in [6, 6.07) is 16.7. The van der Waals surface area contributed by atoms with E-state index in [-0.39, 0.29) is 18.2 Å². The summed E-state index contributed by atoms with van der Waals surface area (Å²) < 4.78 is 1.63. The van der Waals surface area contributed by atoms with Crippen LogP contribution in [0.3, 0.4) is 0 Å². The Bertz CT molecular complexity index is 1010. The lowest BCUT2D eigenvalue weighted by atomic mass is 10.1. The zero-order valence-electron chi connectivity index (χ0n) is 15.2. The fourth-order valence-corrected chi connectivity index (χ4v) is 3.36. The maximum atomic E-state index is 12.5. The molecule has 27 heavy (non-hydrogen) atoms. The third kappa shape index (κ3) is 3.21. The average Bonchev–Trinajstić information content (AvgIpc) is 3.12. The van der Waals surface area contributed by atoms with Crippen LogP contribution in [-0.4, -0.2) is 21.6 Å². The molecule has 0 bridgehead atoms. The normalized spacial score (nSPS) is 15.3. The highest BCUT2D eigenvalue weighted by atomic mass is 16.2. The molecule has 0 spiro atoms. The molecular weight excluding hydrogens is 340 g/mol. The number of amides is 2. The molecule has 3 aromatic rings. The quantitative estimate of drug-likeness (QED) is 0.745. The van der Waals surface area contributed by atoms with E-state index in [0.717, 1.165) is 22.4 Å². The van der Waals surface area contributed by atoms with Crippen LogP contribution in [0.2, 0.25) is 0 Å². The van der Waals surface area contributed by atoms with E-state index in [1.54, 1.807) is 4.68 Å². The van der Waals surface area contributed by atoms with E-state index in [2.05, 4.69) is 15.7 Å². The predicted octanol–water partition coefficient (Wildman–Crippen LogP) is 3.69. The van der Waals surface area contributed by atoms with Crippen LogP contribution in [0.25, 0.3) is 11.1 Å². The highest BCUT2D eigenvalue weighted by molar-refractivity contribution is 6.04. The Morgan fingerprint density at radius 1 is 1.11 bits per heavy atom. The fraction of sp³-hybridized carbons (Fsp3) is 0.190. The van der Waals surface area contributed by atoms with Crippen molar-refractivity contribution < 1.29 is 9.59 Å². The standard InChI is InChI=1S/C21H20N4O2/c1-13-8-10-16(11-9-13)22-18(26)12-17-21(27)23-20-19(14(2)24-25(17)20)15-6-4-3-5-7-15/h3-11,17H,12H2,1-2H3,(H,22,26)(H,23,27). The van der Waals surface area contributed by atoms with E-state index < -0.39 is 6.04 Å². The number of fused-ring (bicyclic) bond motifs is 1. The van der Waals surface area contributed by atoms with Gasteiger partial charge < -0.3 is 10.6 Å². The van der Waals surface area contributed by atoms with Gasteiger partial charge in [0.05, 0.1) is 12.1 Å². The van der Waals surface area contributed by atoms with Crippen LogP contribution in [0.15, 0.2) is 54.6 Å². The molecule has 0 saturated heterocycles. The smallest absolute Gasteiger partial charge is 0.251 e. The Labute approximate surface area is 157 Å². The van der Waals surface area contributed by atoms with E-state index in [0.29, 0.717) is 11.5 Å². The van der Waals surface area contributed by atoms with Gasteiger partial charge in [-0.3, -0.25) is 9.59 Å². The van der Waals surface area contributed by atoms with Crippen LogP contribution in [0, 0.1) is 13.8 Å². The van der Waals surface area contributed by atoms with Crippen molar-refractivity contribution in [1.29, 1.82) is 0 Å². The molecule has 1 atom stereocenters. The van der Waals surface area contributed by atoms with Gasteiger partial charge in [0.2, 0.25) is 5.91 Å². The monoisotopic (exact) mass is 360 g/mol. The highest BCUT2D eigenvalue weighted by Crippen LogP contribution is 2.38. The fourth-order valence-electron chi connectivity index (χ4n) is 3.36. The van der Waals surface area contributed by atoms with Crippen molar-refractivity contribution in [2.45, 2.75) is 26.3 Å². The topological polar surface area (TPSA) is 76.0 Å². The largest absolute Gasteiger partial charge is 0.326 e. The SMILES string of the molecule is Cc1ccc(NC(=O)CC2C(=O)Nc3c(-c4ccccc4)c(C)nn32)cc1. The first-order valence-electron chi connectivity index (χ1n) is 8.85. The van der Waals surface area contributed by atoms with Crippen molar-refractivity contribution in [1.82, 2.24) is 9.78 Å². The van der Waals surface area contributed by atoms with Crippen molar-refractivity contribution >= 4 is 23.3 Å². The van der Waals surface area contributed by atoms with E-state index in [9.17, 15) is 9.59 Å². The molecule has 136 valence electrons. The highest BCUT2D eigenvalue weighted by Gasteiger charge is 2.36. The molecule has 1 unspecified atom stereocenters. The molecule has 1 aliphatic rings. The van der Waals surface area contributed by atoms with Gasteiger partial charge in [0.15, 0.2) is 0 Å². The summed E-state index contributed by atoms with van der Waals surface area (Å²) in [4.78, 5) is 24.9. The lowest BCUT2D eigenvalue weighted by molar-refractivity contribution is -0.123. The Morgan fingerprint density at radius 2 is 1.81 bits per heavy atom. The number of nitrogens with zero attached hydrogens (tertiary/aromatic N) is 2. The summed E-state index contributed by atoms with van der Waals surface area (Å²) in [5.41, 5.74) is 4.53. The molecule has 2 heterocycles. The Morgan fingerprint density at radius 3 is 2.52 bits per heavy atom. The lowest BCUT2D eigenvalue weighted by Gasteiger charge is -2.10. The number of carbonyl (C=O) groups excluding carboxylic acids is 2. The zero-order valence-corrected chi connectivity index (χ0v) is 15.2. The van der Waals surface area contributed by atoms with Gasteiger partial charge in [-0.05, 0) is 31.5 Å². The lowest BCUT2D eigenvalue weighted by Crippen LogP contribution is -2.23. The second-order valence-corrected chi connectivity index (χ2v) is 6.74. The molecule has 0 radical (unpaired) electrons. The molecule has 1 aromatic heterocycles. The van der Waals surface area contributed by atoms with Crippen LogP contribution in [-0.2, 0) is 9.59 Å². The maximum absolute atomic E-state index is 12.5. The minimum Gasteiger partial charge on any atom is -0.326 e. The van der Waals surface area contributed by atoms with E-state index in [4.69, 9.17) is 0 Å². The van der Waals surface area contributed by atoms with E-state index >= 15 is 0 Å². The molecule has 2 aromatic carbocycles. The summed E-state index contributed by atoms with van der Waals surface area (Å²) in [6.07, 6.45) is 0.0298. The minimum absolute atomic E-state index is 0.0298. The molecule has 0 fully saturated rings. The van der Waals surface area contributed by atoms with Gasteiger partial charge in [0.25, 0.3) is 5.91 Å². The zero-order chi connectivity index (χ0) is 19.0. The molecule has 2 N–H and O–H groups in total. The van der Waals surface area contributed by atoms with Gasteiger partial charge in [0.1, 0.15) is 11.9 Å². The number of aryl methyl sites for hydroxylation is 2. The summed E-state index contributed by atoms with van der Waals surface area (Å²) in [5, 5.41) is 10.3. The van der Waals surface area contributed by atoms with E-state index in [1.165, 1.54) is 0 Å². The van der Waals surface area contributed by atoms with Gasteiger partial charge in [-0.15, -0.1) is 0 Å². The summed E-state index contributed by atoms with van der Waals surface area (Å²) >= 11 is 0. The van der Waals surface area contributed by atoms with Crippen molar-refractivity contribution in [2.75, 3.05) is 10.6 Å². The van der Waals surface area contributed by atoms with Gasteiger partial charge in [0, 0.05) is 11.3 Å². The van der Waals surface area contributed by atoms with Gasteiger partial charge >= 0.3 is 0 Å². The molecular formula is C21H20N4O2. The maximum Gasteiger partial charge on any atom is 0.251 e. The molecule has 1 aliphatic heterocycles. The Balaban J connectivity index is 1.57. The second-order valence-electron chi connectivity index (χ2n) is 6.74. The molecule has 4 rings (SSSR count). The van der Waals surface area contributed by atoms with Crippen LogP contribution in [0.4, 0.5) is 11.5 Å². The van der Waals surface area contributed by atoms with Crippen LogP contribution < -0.4 is 10.6 Å².